The lowest BCUT2D eigenvalue weighted by atomic mass is 9.87. The Morgan fingerprint density at radius 1 is 1.69 bits per heavy atom. The van der Waals surface area contributed by atoms with Gasteiger partial charge in [0, 0.05) is 32.7 Å². The summed E-state index contributed by atoms with van der Waals surface area (Å²) < 4.78 is 10.4. The average Bonchev–Trinajstić information content (AvgIpc) is 2.11. The topological polar surface area (TPSA) is 64.7 Å². The maximum Gasteiger partial charge on any atom is 0.0864 e. The van der Waals surface area contributed by atoms with Crippen LogP contribution in [-0.4, -0.2) is 43.2 Å². The van der Waals surface area contributed by atoms with E-state index < -0.39 is 5.60 Å². The Morgan fingerprint density at radius 2 is 2.46 bits per heavy atom. The zero-order chi connectivity index (χ0) is 9.73. The third-order valence-corrected chi connectivity index (χ3v) is 2.55. The number of ether oxygens (including phenoxy) is 2. The lowest BCUT2D eigenvalue weighted by Crippen LogP contribution is -2.55. The molecule has 2 atom stereocenters. The summed E-state index contributed by atoms with van der Waals surface area (Å²) in [5, 5.41) is 10.1. The molecule has 4 nitrogen and oxygen atoms in total. The van der Waals surface area contributed by atoms with Gasteiger partial charge in [-0.25, -0.2) is 0 Å². The van der Waals surface area contributed by atoms with Gasteiger partial charge in [-0.2, -0.15) is 0 Å². The average molecular weight is 189 g/mol. The molecule has 1 aliphatic rings. The van der Waals surface area contributed by atoms with E-state index >= 15 is 0 Å². The van der Waals surface area contributed by atoms with E-state index in [9.17, 15) is 5.11 Å². The fraction of sp³-hybridized carbons (Fsp3) is 1.00. The molecule has 3 N–H and O–H groups in total. The van der Waals surface area contributed by atoms with Crippen LogP contribution in [0.2, 0.25) is 0 Å². The molecule has 1 fully saturated rings. The van der Waals surface area contributed by atoms with Gasteiger partial charge in [0.05, 0.1) is 18.2 Å². The Balaban J connectivity index is 2.33. The molecule has 0 aliphatic carbocycles. The van der Waals surface area contributed by atoms with E-state index in [-0.39, 0.29) is 6.04 Å². The van der Waals surface area contributed by atoms with Crippen LogP contribution in [-0.2, 0) is 9.47 Å². The molecule has 0 aromatic heterocycles. The first-order valence-electron chi connectivity index (χ1n) is 4.82. The van der Waals surface area contributed by atoms with Crippen molar-refractivity contribution < 1.29 is 14.6 Å². The van der Waals surface area contributed by atoms with E-state index in [1.165, 1.54) is 0 Å². The summed E-state index contributed by atoms with van der Waals surface area (Å²) in [6, 6.07) is -0.276. The normalized spacial score (nSPS) is 34.8. The van der Waals surface area contributed by atoms with Crippen LogP contribution in [0.4, 0.5) is 0 Å². The van der Waals surface area contributed by atoms with Crippen molar-refractivity contribution in [3.05, 3.63) is 0 Å². The van der Waals surface area contributed by atoms with Crippen LogP contribution in [0.1, 0.15) is 19.8 Å². The Kier molecular flexibility index (Phi) is 4.12. The molecule has 1 aliphatic heterocycles. The smallest absolute Gasteiger partial charge is 0.0864 e. The van der Waals surface area contributed by atoms with Crippen LogP contribution in [0.15, 0.2) is 0 Å². The minimum Gasteiger partial charge on any atom is -0.388 e. The first-order valence-corrected chi connectivity index (χ1v) is 4.82. The van der Waals surface area contributed by atoms with E-state index in [1.54, 1.807) is 0 Å². The van der Waals surface area contributed by atoms with Crippen molar-refractivity contribution in [3.8, 4) is 0 Å². The standard InChI is InChI=1S/C9H19NO3/c1-2-12-5-3-9(11)4-6-13-7-8(9)10/h8,11H,2-7,10H2,1H3. The van der Waals surface area contributed by atoms with E-state index in [0.717, 1.165) is 0 Å². The molecule has 78 valence electrons. The summed E-state index contributed by atoms with van der Waals surface area (Å²) in [7, 11) is 0. The molecule has 2 unspecified atom stereocenters. The number of hydrogen-bond acceptors (Lipinski definition) is 4. The summed E-state index contributed by atoms with van der Waals surface area (Å²) in [5.41, 5.74) is 4.98. The van der Waals surface area contributed by atoms with Crippen LogP contribution in [0.3, 0.4) is 0 Å². The second kappa shape index (κ2) is 4.91. The minimum atomic E-state index is -0.784. The van der Waals surface area contributed by atoms with Gasteiger partial charge in [-0.3, -0.25) is 0 Å². The summed E-state index contributed by atoms with van der Waals surface area (Å²) >= 11 is 0. The monoisotopic (exact) mass is 189 g/mol. The van der Waals surface area contributed by atoms with Gasteiger partial charge in [0.25, 0.3) is 0 Å². The molecule has 0 aromatic rings. The highest BCUT2D eigenvalue weighted by molar-refractivity contribution is 4.91. The molecule has 0 saturated carbocycles. The molecule has 1 saturated heterocycles. The van der Waals surface area contributed by atoms with Gasteiger partial charge in [0.1, 0.15) is 0 Å². The van der Waals surface area contributed by atoms with Gasteiger partial charge in [-0.1, -0.05) is 0 Å². The van der Waals surface area contributed by atoms with Gasteiger partial charge < -0.3 is 20.3 Å². The Bertz CT molecular complexity index is 154. The van der Waals surface area contributed by atoms with Crippen molar-refractivity contribution in [1.29, 1.82) is 0 Å². The second-order valence-electron chi connectivity index (χ2n) is 3.48. The van der Waals surface area contributed by atoms with E-state index in [1.807, 2.05) is 6.92 Å². The molecule has 0 spiro atoms. The molecular formula is C9H19NO3. The quantitative estimate of drug-likeness (QED) is 0.606. The second-order valence-corrected chi connectivity index (χ2v) is 3.48. The highest BCUT2D eigenvalue weighted by atomic mass is 16.5. The van der Waals surface area contributed by atoms with Crippen molar-refractivity contribution in [1.82, 2.24) is 0 Å². The molecule has 0 bridgehead atoms. The third-order valence-electron chi connectivity index (χ3n) is 2.55. The summed E-state index contributed by atoms with van der Waals surface area (Å²) in [4.78, 5) is 0. The first-order chi connectivity index (χ1) is 6.19. The van der Waals surface area contributed by atoms with Gasteiger partial charge >= 0.3 is 0 Å². The summed E-state index contributed by atoms with van der Waals surface area (Å²) in [5.74, 6) is 0. The number of nitrogens with two attached hydrogens (primary N) is 1. The highest BCUT2D eigenvalue weighted by Crippen LogP contribution is 2.23. The fourth-order valence-electron chi connectivity index (χ4n) is 1.50. The minimum absolute atomic E-state index is 0.276. The van der Waals surface area contributed by atoms with Gasteiger partial charge in [-0.15, -0.1) is 0 Å². The highest BCUT2D eigenvalue weighted by Gasteiger charge is 2.36. The molecule has 1 heterocycles. The largest absolute Gasteiger partial charge is 0.388 e. The molecule has 0 amide bonds. The van der Waals surface area contributed by atoms with E-state index in [0.29, 0.717) is 39.3 Å². The van der Waals surface area contributed by atoms with Gasteiger partial charge in [-0.05, 0) is 6.92 Å². The zero-order valence-electron chi connectivity index (χ0n) is 8.16. The summed E-state index contributed by atoms with van der Waals surface area (Å²) in [6.45, 7) is 4.23. The summed E-state index contributed by atoms with van der Waals surface area (Å²) in [6.07, 6.45) is 1.21. The van der Waals surface area contributed by atoms with E-state index in [2.05, 4.69) is 0 Å². The fourth-order valence-corrected chi connectivity index (χ4v) is 1.50. The molecule has 1 rings (SSSR count). The van der Waals surface area contributed by atoms with Crippen molar-refractivity contribution in [2.45, 2.75) is 31.4 Å². The van der Waals surface area contributed by atoms with Crippen molar-refractivity contribution in [2.24, 2.45) is 5.73 Å². The van der Waals surface area contributed by atoms with Crippen molar-refractivity contribution in [2.75, 3.05) is 26.4 Å². The lowest BCUT2D eigenvalue weighted by molar-refractivity contribution is -0.0940. The Labute approximate surface area is 79.0 Å². The Hall–Kier alpha value is -0.160. The number of rotatable bonds is 4. The molecule has 0 radical (unpaired) electrons. The zero-order valence-corrected chi connectivity index (χ0v) is 8.16. The van der Waals surface area contributed by atoms with Crippen molar-refractivity contribution in [3.63, 3.8) is 0 Å². The molecule has 0 aromatic carbocycles. The molecule has 4 heteroatoms. The van der Waals surface area contributed by atoms with E-state index in [4.69, 9.17) is 15.2 Å². The van der Waals surface area contributed by atoms with Crippen LogP contribution >= 0.6 is 0 Å². The maximum atomic E-state index is 10.1. The first kappa shape index (κ1) is 10.9. The Morgan fingerprint density at radius 3 is 3.08 bits per heavy atom. The maximum absolute atomic E-state index is 10.1. The predicted molar refractivity (Wildman–Crippen MR) is 49.5 cm³/mol. The predicted octanol–water partition coefficient (Wildman–Crippen LogP) is -0.108. The van der Waals surface area contributed by atoms with Crippen LogP contribution < -0.4 is 5.73 Å². The van der Waals surface area contributed by atoms with Gasteiger partial charge in [0.15, 0.2) is 0 Å². The van der Waals surface area contributed by atoms with Gasteiger partial charge in [0.2, 0.25) is 0 Å². The molecular weight excluding hydrogens is 170 g/mol. The number of aliphatic hydroxyl groups is 1. The molecule has 13 heavy (non-hydrogen) atoms. The third kappa shape index (κ3) is 2.91. The van der Waals surface area contributed by atoms with Crippen LogP contribution in [0.5, 0.6) is 0 Å². The van der Waals surface area contributed by atoms with Crippen LogP contribution in [0.25, 0.3) is 0 Å². The SMILES string of the molecule is CCOCCC1(O)CCOCC1N. The lowest BCUT2D eigenvalue weighted by Gasteiger charge is -2.37. The van der Waals surface area contributed by atoms with Crippen molar-refractivity contribution >= 4 is 0 Å². The number of hydrogen-bond donors (Lipinski definition) is 2. The van der Waals surface area contributed by atoms with Crippen LogP contribution in [0, 0.1) is 0 Å².